The minimum atomic E-state index is -0.736. The minimum Gasteiger partial charge on any atom is -0.481 e. The molecular formula is C21H22ClFN2O3. The number of likely N-dealkylation sites (tertiary alicyclic amines) is 1. The summed E-state index contributed by atoms with van der Waals surface area (Å²) in [6, 6.07) is 11.8. The number of benzene rings is 2. The first kappa shape index (κ1) is 20.3. The van der Waals surface area contributed by atoms with Crippen molar-refractivity contribution < 1.29 is 19.1 Å². The summed E-state index contributed by atoms with van der Waals surface area (Å²) in [5.74, 6) is -1.42. The molecule has 1 atom stereocenters. The molecule has 0 aliphatic carbocycles. The zero-order chi connectivity index (χ0) is 19.9. The number of rotatable bonds is 7. The lowest BCUT2D eigenvalue weighted by Crippen LogP contribution is -2.40. The molecule has 0 saturated carbocycles. The van der Waals surface area contributed by atoms with Crippen LogP contribution in [0.3, 0.4) is 0 Å². The third kappa shape index (κ3) is 5.30. The van der Waals surface area contributed by atoms with Crippen LogP contribution >= 0.6 is 11.6 Å². The average Bonchev–Trinajstić information content (AvgIpc) is 2.68. The van der Waals surface area contributed by atoms with Gasteiger partial charge in [-0.1, -0.05) is 41.0 Å². The first-order valence-corrected chi connectivity index (χ1v) is 9.57. The second-order valence-corrected chi connectivity index (χ2v) is 7.16. The number of hydrogen-bond acceptors (Lipinski definition) is 4. The van der Waals surface area contributed by atoms with Crippen LogP contribution in [0.15, 0.2) is 47.6 Å². The fourth-order valence-corrected chi connectivity index (χ4v) is 3.61. The zero-order valence-corrected chi connectivity index (χ0v) is 16.1. The summed E-state index contributed by atoms with van der Waals surface area (Å²) >= 11 is 6.18. The van der Waals surface area contributed by atoms with Crippen molar-refractivity contribution in [1.29, 1.82) is 0 Å². The van der Waals surface area contributed by atoms with Crippen molar-refractivity contribution >= 4 is 23.8 Å². The van der Waals surface area contributed by atoms with Gasteiger partial charge in [-0.25, -0.2) is 4.39 Å². The van der Waals surface area contributed by atoms with E-state index in [1.807, 2.05) is 24.3 Å². The van der Waals surface area contributed by atoms with Gasteiger partial charge < -0.3 is 9.94 Å². The Bertz CT molecular complexity index is 859. The van der Waals surface area contributed by atoms with E-state index in [0.29, 0.717) is 24.7 Å². The lowest BCUT2D eigenvalue weighted by molar-refractivity contribution is -0.143. The van der Waals surface area contributed by atoms with Crippen LogP contribution in [0.2, 0.25) is 5.02 Å². The second-order valence-electron chi connectivity index (χ2n) is 6.76. The largest absolute Gasteiger partial charge is 0.481 e. The van der Waals surface area contributed by atoms with Gasteiger partial charge in [-0.15, -0.1) is 0 Å². The smallest absolute Gasteiger partial charge is 0.307 e. The summed E-state index contributed by atoms with van der Waals surface area (Å²) in [5, 5.41) is 13.5. The van der Waals surface area contributed by atoms with E-state index in [-0.39, 0.29) is 11.7 Å². The number of carboxylic acids is 1. The Hall–Kier alpha value is -2.44. The maximum atomic E-state index is 13.3. The number of halogens is 2. The van der Waals surface area contributed by atoms with E-state index >= 15 is 0 Å². The molecule has 0 amide bonds. The quantitative estimate of drug-likeness (QED) is 0.424. The van der Waals surface area contributed by atoms with Crippen LogP contribution < -0.4 is 0 Å². The molecule has 2 aromatic rings. The average molecular weight is 405 g/mol. The Kier molecular flexibility index (Phi) is 7.01. The molecular weight excluding hydrogens is 383 g/mol. The van der Waals surface area contributed by atoms with E-state index in [0.717, 1.165) is 36.1 Å². The van der Waals surface area contributed by atoms with Gasteiger partial charge >= 0.3 is 5.97 Å². The van der Waals surface area contributed by atoms with Crippen LogP contribution in [0, 0.1) is 11.7 Å². The van der Waals surface area contributed by atoms with Crippen LogP contribution in [-0.2, 0) is 9.63 Å². The van der Waals surface area contributed by atoms with Gasteiger partial charge in [0, 0.05) is 24.2 Å². The number of piperidine rings is 1. The molecule has 0 spiro atoms. The van der Waals surface area contributed by atoms with E-state index in [1.54, 1.807) is 12.3 Å². The van der Waals surface area contributed by atoms with Gasteiger partial charge in [-0.3, -0.25) is 9.69 Å². The number of oxime groups is 1. The van der Waals surface area contributed by atoms with Gasteiger partial charge in [-0.05, 0) is 43.1 Å². The van der Waals surface area contributed by atoms with Crippen molar-refractivity contribution in [3.8, 4) is 11.1 Å². The van der Waals surface area contributed by atoms with Crippen molar-refractivity contribution in [3.63, 3.8) is 0 Å². The van der Waals surface area contributed by atoms with Gasteiger partial charge in [0.1, 0.15) is 12.4 Å². The Balaban J connectivity index is 1.57. The highest BCUT2D eigenvalue weighted by atomic mass is 35.5. The lowest BCUT2D eigenvalue weighted by Gasteiger charge is -2.29. The molecule has 7 heteroatoms. The zero-order valence-electron chi connectivity index (χ0n) is 15.4. The molecule has 0 aromatic heterocycles. The van der Waals surface area contributed by atoms with Crippen molar-refractivity contribution in [1.82, 2.24) is 4.90 Å². The topological polar surface area (TPSA) is 62.1 Å². The van der Waals surface area contributed by atoms with Crippen LogP contribution in [-0.4, -0.2) is 48.4 Å². The maximum absolute atomic E-state index is 13.3. The number of carboxylic acid groups (broad SMARTS) is 1. The predicted molar refractivity (Wildman–Crippen MR) is 107 cm³/mol. The summed E-state index contributed by atoms with van der Waals surface area (Å²) in [6.45, 7) is 2.44. The van der Waals surface area contributed by atoms with Gasteiger partial charge in [0.2, 0.25) is 0 Å². The summed E-state index contributed by atoms with van der Waals surface area (Å²) in [7, 11) is 0. The number of nitrogens with zero attached hydrogens (tertiary/aromatic N) is 2. The van der Waals surface area contributed by atoms with Gasteiger partial charge in [-0.2, -0.15) is 0 Å². The molecule has 1 saturated heterocycles. The van der Waals surface area contributed by atoms with E-state index in [2.05, 4.69) is 10.1 Å². The molecule has 0 bridgehead atoms. The summed E-state index contributed by atoms with van der Waals surface area (Å²) in [6.07, 6.45) is 3.21. The van der Waals surface area contributed by atoms with Crippen molar-refractivity contribution in [2.24, 2.45) is 11.1 Å². The summed E-state index contributed by atoms with van der Waals surface area (Å²) in [4.78, 5) is 18.6. The van der Waals surface area contributed by atoms with Gasteiger partial charge in [0.25, 0.3) is 0 Å². The third-order valence-electron chi connectivity index (χ3n) is 4.80. The molecule has 3 rings (SSSR count). The molecule has 1 aliphatic heterocycles. The molecule has 28 heavy (non-hydrogen) atoms. The van der Waals surface area contributed by atoms with Crippen LogP contribution in [0.1, 0.15) is 18.4 Å². The Morgan fingerprint density at radius 3 is 2.93 bits per heavy atom. The van der Waals surface area contributed by atoms with E-state index < -0.39 is 5.97 Å². The summed E-state index contributed by atoms with van der Waals surface area (Å²) < 4.78 is 13.3. The van der Waals surface area contributed by atoms with E-state index in [4.69, 9.17) is 21.5 Å². The molecule has 5 nitrogen and oxygen atoms in total. The number of carbonyl (C=O) groups is 1. The summed E-state index contributed by atoms with van der Waals surface area (Å²) in [5.41, 5.74) is 2.36. The molecule has 148 valence electrons. The van der Waals surface area contributed by atoms with Gasteiger partial charge in [0.15, 0.2) is 0 Å². The first-order chi connectivity index (χ1) is 13.5. The van der Waals surface area contributed by atoms with Crippen molar-refractivity contribution in [2.75, 3.05) is 26.2 Å². The normalized spacial score (nSPS) is 17.7. The lowest BCUT2D eigenvalue weighted by atomic mass is 9.98. The Labute approximate surface area is 168 Å². The molecule has 1 N–H and O–H groups in total. The highest BCUT2D eigenvalue weighted by Crippen LogP contribution is 2.30. The molecule has 2 aromatic carbocycles. The highest BCUT2D eigenvalue weighted by Gasteiger charge is 2.24. The third-order valence-corrected chi connectivity index (χ3v) is 5.11. The fourth-order valence-electron chi connectivity index (χ4n) is 3.34. The SMILES string of the molecule is O=C(O)[C@@H]1CCCN(CCO/N=C/c2ccccc2-c2ccc(F)cc2Cl)C1. The number of hydrogen-bond donors (Lipinski definition) is 1. The standard InChI is InChI=1S/C21H22ClFN2O3/c22-20-12-17(23)7-8-19(20)18-6-2-1-4-15(18)13-24-28-11-10-25-9-3-5-16(14-25)21(26)27/h1-2,4,6-8,12-13,16H,3,5,9-11,14H2,(H,26,27)/b24-13+/t16-/m1/s1. The fraction of sp³-hybridized carbons (Fsp3) is 0.333. The van der Waals surface area contributed by atoms with Crippen LogP contribution in [0.25, 0.3) is 11.1 Å². The van der Waals surface area contributed by atoms with Gasteiger partial charge in [0.05, 0.1) is 17.2 Å². The minimum absolute atomic E-state index is 0.301. The number of aliphatic carboxylic acids is 1. The second kappa shape index (κ2) is 9.66. The first-order valence-electron chi connectivity index (χ1n) is 9.19. The highest BCUT2D eigenvalue weighted by molar-refractivity contribution is 6.33. The Morgan fingerprint density at radius 1 is 1.32 bits per heavy atom. The van der Waals surface area contributed by atoms with Crippen LogP contribution in [0.4, 0.5) is 4.39 Å². The van der Waals surface area contributed by atoms with Crippen molar-refractivity contribution in [2.45, 2.75) is 12.8 Å². The predicted octanol–water partition coefficient (Wildman–Crippen LogP) is 4.29. The molecule has 0 unspecified atom stereocenters. The molecule has 1 fully saturated rings. The molecule has 1 aliphatic rings. The van der Waals surface area contributed by atoms with Crippen LogP contribution in [0.5, 0.6) is 0 Å². The monoisotopic (exact) mass is 404 g/mol. The van der Waals surface area contributed by atoms with E-state index in [9.17, 15) is 9.18 Å². The Morgan fingerprint density at radius 2 is 2.14 bits per heavy atom. The van der Waals surface area contributed by atoms with Crippen molar-refractivity contribution in [3.05, 3.63) is 58.9 Å². The molecule has 1 heterocycles. The molecule has 0 radical (unpaired) electrons. The van der Waals surface area contributed by atoms with E-state index in [1.165, 1.54) is 12.1 Å². The maximum Gasteiger partial charge on any atom is 0.307 e.